The lowest BCUT2D eigenvalue weighted by Crippen LogP contribution is -2.10. The average molecular weight is 274 g/mol. The van der Waals surface area contributed by atoms with Crippen molar-refractivity contribution in [2.75, 3.05) is 11.9 Å². The van der Waals surface area contributed by atoms with E-state index in [4.69, 9.17) is 5.11 Å². The maximum Gasteiger partial charge on any atom is 0.335 e. The van der Waals surface area contributed by atoms with Gasteiger partial charge in [0.15, 0.2) is 0 Å². The highest BCUT2D eigenvalue weighted by atomic mass is 16.4. The molecule has 0 aliphatic rings. The number of carboxylic acid groups (broad SMARTS) is 1. The number of carbonyl (C=O) groups is 1. The van der Waals surface area contributed by atoms with Crippen LogP contribution in [-0.4, -0.2) is 32.4 Å². The maximum absolute atomic E-state index is 10.8. The standard InChI is InChI=1S/C14H18N4O2/c1-10-8-11(2)18(17-10)7-3-5-15-13-9-12(14(19)20)4-6-16-13/h4,6,8-9H,3,5,7H2,1-2H3,(H,15,16)(H,19,20). The Hall–Kier alpha value is -2.37. The number of hydrogen-bond acceptors (Lipinski definition) is 4. The Morgan fingerprint density at radius 1 is 1.40 bits per heavy atom. The highest BCUT2D eigenvalue weighted by Gasteiger charge is 2.04. The number of nitrogens with one attached hydrogen (secondary N) is 1. The van der Waals surface area contributed by atoms with Crippen molar-refractivity contribution in [3.63, 3.8) is 0 Å². The number of carboxylic acids is 1. The summed E-state index contributed by atoms with van der Waals surface area (Å²) in [6.45, 7) is 5.55. The van der Waals surface area contributed by atoms with Crippen molar-refractivity contribution in [3.05, 3.63) is 41.3 Å². The summed E-state index contributed by atoms with van der Waals surface area (Å²) in [7, 11) is 0. The second-order valence-electron chi connectivity index (χ2n) is 4.67. The summed E-state index contributed by atoms with van der Waals surface area (Å²) in [5.74, 6) is -0.364. The van der Waals surface area contributed by atoms with Gasteiger partial charge in [-0.2, -0.15) is 5.10 Å². The Morgan fingerprint density at radius 2 is 2.20 bits per heavy atom. The van der Waals surface area contributed by atoms with Crippen LogP contribution in [-0.2, 0) is 6.54 Å². The molecule has 2 aromatic heterocycles. The number of aromatic nitrogens is 3. The lowest BCUT2D eigenvalue weighted by Gasteiger charge is -2.07. The van der Waals surface area contributed by atoms with Gasteiger partial charge in [-0.3, -0.25) is 4.68 Å². The summed E-state index contributed by atoms with van der Waals surface area (Å²) < 4.78 is 1.97. The first kappa shape index (κ1) is 14.0. The summed E-state index contributed by atoms with van der Waals surface area (Å²) in [6, 6.07) is 5.06. The monoisotopic (exact) mass is 274 g/mol. The smallest absolute Gasteiger partial charge is 0.335 e. The summed E-state index contributed by atoms with van der Waals surface area (Å²) in [4.78, 5) is 14.9. The molecule has 0 spiro atoms. The van der Waals surface area contributed by atoms with Crippen molar-refractivity contribution in [2.45, 2.75) is 26.8 Å². The number of anilines is 1. The van der Waals surface area contributed by atoms with E-state index < -0.39 is 5.97 Å². The number of rotatable bonds is 6. The van der Waals surface area contributed by atoms with Crippen molar-refractivity contribution in [2.24, 2.45) is 0 Å². The van der Waals surface area contributed by atoms with Crippen LogP contribution in [0.5, 0.6) is 0 Å². The lowest BCUT2D eigenvalue weighted by atomic mass is 10.2. The van der Waals surface area contributed by atoms with Gasteiger partial charge in [-0.25, -0.2) is 9.78 Å². The molecule has 2 rings (SSSR count). The molecule has 0 amide bonds. The molecule has 0 aromatic carbocycles. The van der Waals surface area contributed by atoms with Crippen LogP contribution in [0.4, 0.5) is 5.82 Å². The second-order valence-corrected chi connectivity index (χ2v) is 4.67. The molecule has 0 atom stereocenters. The quantitative estimate of drug-likeness (QED) is 0.788. The van der Waals surface area contributed by atoms with E-state index >= 15 is 0 Å². The van der Waals surface area contributed by atoms with Crippen molar-refractivity contribution in [1.29, 1.82) is 0 Å². The average Bonchev–Trinajstić information content (AvgIpc) is 2.73. The van der Waals surface area contributed by atoms with Gasteiger partial charge in [0.25, 0.3) is 0 Å². The molecule has 2 aromatic rings. The first-order valence-corrected chi connectivity index (χ1v) is 6.50. The molecule has 0 radical (unpaired) electrons. The minimum Gasteiger partial charge on any atom is -0.478 e. The Labute approximate surface area is 117 Å². The van der Waals surface area contributed by atoms with E-state index in [1.54, 1.807) is 0 Å². The molecule has 0 saturated heterocycles. The topological polar surface area (TPSA) is 80.0 Å². The zero-order chi connectivity index (χ0) is 14.5. The van der Waals surface area contributed by atoms with Gasteiger partial charge >= 0.3 is 5.97 Å². The molecular weight excluding hydrogens is 256 g/mol. The zero-order valence-electron chi connectivity index (χ0n) is 11.6. The highest BCUT2D eigenvalue weighted by molar-refractivity contribution is 5.88. The number of aromatic carboxylic acids is 1. The molecule has 0 bridgehead atoms. The number of aryl methyl sites for hydroxylation is 3. The molecule has 6 nitrogen and oxygen atoms in total. The van der Waals surface area contributed by atoms with Crippen LogP contribution in [0.15, 0.2) is 24.4 Å². The van der Waals surface area contributed by atoms with Gasteiger partial charge < -0.3 is 10.4 Å². The minimum atomic E-state index is -0.946. The molecule has 0 aliphatic carbocycles. The van der Waals surface area contributed by atoms with Crippen LogP contribution in [0.25, 0.3) is 0 Å². The van der Waals surface area contributed by atoms with Crippen LogP contribution in [0, 0.1) is 13.8 Å². The predicted octanol–water partition coefficient (Wildman–Crippen LogP) is 2.10. The molecule has 0 fully saturated rings. The Morgan fingerprint density at radius 3 is 2.85 bits per heavy atom. The van der Waals surface area contributed by atoms with E-state index in [9.17, 15) is 4.79 Å². The van der Waals surface area contributed by atoms with Crippen molar-refractivity contribution < 1.29 is 9.90 Å². The zero-order valence-corrected chi connectivity index (χ0v) is 11.6. The summed E-state index contributed by atoms with van der Waals surface area (Å²) in [5.41, 5.74) is 2.40. The van der Waals surface area contributed by atoms with Gasteiger partial charge in [-0.15, -0.1) is 0 Å². The SMILES string of the molecule is Cc1cc(C)n(CCCNc2cc(C(=O)O)ccn2)n1. The van der Waals surface area contributed by atoms with Gasteiger partial charge in [-0.1, -0.05) is 0 Å². The van der Waals surface area contributed by atoms with Gasteiger partial charge in [0.2, 0.25) is 0 Å². The first-order chi connectivity index (χ1) is 9.56. The fourth-order valence-corrected chi connectivity index (χ4v) is 2.01. The number of hydrogen-bond donors (Lipinski definition) is 2. The fourth-order valence-electron chi connectivity index (χ4n) is 2.01. The molecule has 6 heteroatoms. The molecule has 0 unspecified atom stereocenters. The van der Waals surface area contributed by atoms with Gasteiger partial charge in [0, 0.05) is 25.0 Å². The van der Waals surface area contributed by atoms with E-state index in [1.165, 1.54) is 18.3 Å². The lowest BCUT2D eigenvalue weighted by molar-refractivity contribution is 0.0697. The third-order valence-corrected chi connectivity index (χ3v) is 2.96. The predicted molar refractivity (Wildman–Crippen MR) is 76.0 cm³/mol. The molecule has 20 heavy (non-hydrogen) atoms. The molecule has 2 N–H and O–H groups in total. The largest absolute Gasteiger partial charge is 0.478 e. The van der Waals surface area contributed by atoms with Gasteiger partial charge in [0.05, 0.1) is 11.3 Å². The van der Waals surface area contributed by atoms with E-state index in [0.29, 0.717) is 12.4 Å². The number of nitrogens with zero attached hydrogens (tertiary/aromatic N) is 3. The summed E-state index contributed by atoms with van der Waals surface area (Å²) >= 11 is 0. The van der Waals surface area contributed by atoms with Crippen LogP contribution in [0.3, 0.4) is 0 Å². The van der Waals surface area contributed by atoms with E-state index in [-0.39, 0.29) is 5.56 Å². The Bertz CT molecular complexity index is 607. The van der Waals surface area contributed by atoms with E-state index in [0.717, 1.165) is 24.4 Å². The third-order valence-electron chi connectivity index (χ3n) is 2.96. The maximum atomic E-state index is 10.8. The Kier molecular flexibility index (Phi) is 4.34. The normalized spacial score (nSPS) is 10.5. The van der Waals surface area contributed by atoms with Gasteiger partial charge in [0.1, 0.15) is 5.82 Å². The van der Waals surface area contributed by atoms with E-state index in [2.05, 4.69) is 15.4 Å². The number of pyridine rings is 1. The van der Waals surface area contributed by atoms with Crippen molar-refractivity contribution >= 4 is 11.8 Å². The van der Waals surface area contributed by atoms with Crippen molar-refractivity contribution in [1.82, 2.24) is 14.8 Å². The van der Waals surface area contributed by atoms with Crippen LogP contribution in [0.1, 0.15) is 28.2 Å². The second kappa shape index (κ2) is 6.18. The molecule has 0 aliphatic heterocycles. The molecular formula is C14H18N4O2. The molecule has 106 valence electrons. The van der Waals surface area contributed by atoms with Crippen LogP contribution in [0.2, 0.25) is 0 Å². The fraction of sp³-hybridized carbons (Fsp3) is 0.357. The summed E-state index contributed by atoms with van der Waals surface area (Å²) in [6.07, 6.45) is 2.38. The van der Waals surface area contributed by atoms with E-state index in [1.807, 2.05) is 24.6 Å². The Balaban J connectivity index is 1.83. The first-order valence-electron chi connectivity index (χ1n) is 6.50. The minimum absolute atomic E-state index is 0.237. The third kappa shape index (κ3) is 3.57. The van der Waals surface area contributed by atoms with Gasteiger partial charge in [-0.05, 0) is 38.5 Å². The van der Waals surface area contributed by atoms with Crippen molar-refractivity contribution in [3.8, 4) is 0 Å². The highest BCUT2D eigenvalue weighted by Crippen LogP contribution is 2.07. The van der Waals surface area contributed by atoms with Crippen LogP contribution >= 0.6 is 0 Å². The molecule has 0 saturated carbocycles. The molecule has 2 heterocycles. The van der Waals surface area contributed by atoms with Crippen LogP contribution < -0.4 is 5.32 Å². The summed E-state index contributed by atoms with van der Waals surface area (Å²) in [5, 5.41) is 16.4.